The summed E-state index contributed by atoms with van der Waals surface area (Å²) in [5.41, 5.74) is 0.664. The minimum Gasteiger partial charge on any atom is -0.473 e. The molecule has 0 heterocycles. The van der Waals surface area contributed by atoms with Crippen molar-refractivity contribution in [2.45, 2.75) is 0 Å². The van der Waals surface area contributed by atoms with Crippen LogP contribution in [-0.2, 0) is 0 Å². The number of hydrogen-bond acceptors (Lipinski definition) is 3. The van der Waals surface area contributed by atoms with E-state index in [1.54, 1.807) is 24.3 Å². The highest BCUT2D eigenvalue weighted by Gasteiger charge is 2.02. The normalized spacial score (nSPS) is 9.92. The molecule has 3 rings (SSSR count). The second kappa shape index (κ2) is 8.40. The molecule has 5 heteroatoms. The molecule has 0 aromatic heterocycles. The molecule has 0 saturated heterocycles. The number of ether oxygens (including phenoxy) is 2. The van der Waals surface area contributed by atoms with Crippen LogP contribution in [0.2, 0.25) is 0 Å². The first kappa shape index (κ1) is 16.4. The Morgan fingerprint density at radius 2 is 1.28 bits per heavy atom. The average molecular weight is 334 g/mol. The lowest BCUT2D eigenvalue weighted by Gasteiger charge is -2.10. The third-order valence-corrected chi connectivity index (χ3v) is 3.31. The van der Waals surface area contributed by atoms with Gasteiger partial charge in [0.25, 0.3) is 0 Å². The Kier molecular flexibility index (Phi) is 5.51. The summed E-state index contributed by atoms with van der Waals surface area (Å²) in [5.74, 6) is 2.16. The summed E-state index contributed by atoms with van der Waals surface area (Å²) >= 11 is 0. The first-order valence-corrected chi connectivity index (χ1v) is 7.85. The van der Waals surface area contributed by atoms with E-state index in [9.17, 15) is 4.79 Å². The zero-order valence-electron chi connectivity index (χ0n) is 13.5. The Morgan fingerprint density at radius 1 is 0.720 bits per heavy atom. The van der Waals surface area contributed by atoms with E-state index in [0.717, 1.165) is 5.75 Å². The molecule has 5 nitrogen and oxygen atoms in total. The van der Waals surface area contributed by atoms with Crippen LogP contribution in [0.4, 0.5) is 10.5 Å². The lowest BCUT2D eigenvalue weighted by molar-refractivity contribution is 0.234. The topological polar surface area (TPSA) is 59.6 Å². The van der Waals surface area contributed by atoms with Crippen LogP contribution in [0.3, 0.4) is 0 Å². The van der Waals surface area contributed by atoms with E-state index in [1.165, 1.54) is 0 Å². The number of hydrogen-bond donors (Lipinski definition) is 2. The number of amides is 2. The summed E-state index contributed by atoms with van der Waals surface area (Å²) in [6.45, 7) is 0.0883. The molecule has 2 N–H and O–H groups in total. The van der Waals surface area contributed by atoms with Gasteiger partial charge in [-0.15, -0.1) is 0 Å². The molecule has 0 radical (unpaired) electrons. The summed E-state index contributed by atoms with van der Waals surface area (Å²) in [6.07, 6.45) is 0. The maximum atomic E-state index is 11.8. The van der Waals surface area contributed by atoms with Crippen molar-refractivity contribution in [2.24, 2.45) is 0 Å². The maximum Gasteiger partial charge on any atom is 0.321 e. The fourth-order valence-electron chi connectivity index (χ4n) is 2.11. The monoisotopic (exact) mass is 334 g/mol. The molecule has 0 aliphatic rings. The number of urea groups is 1. The number of anilines is 1. The SMILES string of the molecule is O=C(NCOc1ccccc1)Nc1ccc(Oc2ccccc2)cc1. The van der Waals surface area contributed by atoms with Gasteiger partial charge in [-0.25, -0.2) is 4.79 Å². The molecule has 25 heavy (non-hydrogen) atoms. The highest BCUT2D eigenvalue weighted by molar-refractivity contribution is 5.89. The number of carbonyl (C=O) groups is 1. The smallest absolute Gasteiger partial charge is 0.321 e. The molecule has 0 unspecified atom stereocenters. The summed E-state index contributed by atoms with van der Waals surface area (Å²) in [7, 11) is 0. The molecule has 0 spiro atoms. The first-order chi connectivity index (χ1) is 12.3. The number of para-hydroxylation sites is 2. The Morgan fingerprint density at radius 3 is 1.92 bits per heavy atom. The van der Waals surface area contributed by atoms with Gasteiger partial charge in [-0.1, -0.05) is 36.4 Å². The van der Waals surface area contributed by atoms with E-state index < -0.39 is 0 Å². The van der Waals surface area contributed by atoms with E-state index in [0.29, 0.717) is 17.2 Å². The van der Waals surface area contributed by atoms with Crippen molar-refractivity contribution in [2.75, 3.05) is 12.0 Å². The quantitative estimate of drug-likeness (QED) is 0.646. The van der Waals surface area contributed by atoms with Crippen molar-refractivity contribution < 1.29 is 14.3 Å². The highest BCUT2D eigenvalue weighted by atomic mass is 16.5. The minimum absolute atomic E-state index is 0.0883. The molecule has 3 aromatic carbocycles. The number of benzene rings is 3. The Bertz CT molecular complexity index is 790. The van der Waals surface area contributed by atoms with Crippen molar-refractivity contribution in [1.29, 1.82) is 0 Å². The van der Waals surface area contributed by atoms with Gasteiger partial charge in [0, 0.05) is 5.69 Å². The van der Waals surface area contributed by atoms with Crippen LogP contribution in [0.5, 0.6) is 17.2 Å². The summed E-state index contributed by atoms with van der Waals surface area (Å²) in [4.78, 5) is 11.8. The molecule has 0 saturated carbocycles. The maximum absolute atomic E-state index is 11.8. The number of nitrogens with one attached hydrogen (secondary N) is 2. The highest BCUT2D eigenvalue weighted by Crippen LogP contribution is 2.22. The third-order valence-electron chi connectivity index (χ3n) is 3.31. The standard InChI is InChI=1S/C20H18N2O3/c23-20(21-15-24-17-7-3-1-4-8-17)22-16-11-13-19(14-12-16)25-18-9-5-2-6-10-18/h1-14H,15H2,(H2,21,22,23). The summed E-state index contributed by atoms with van der Waals surface area (Å²) < 4.78 is 11.1. The third kappa shape index (κ3) is 5.28. The van der Waals surface area contributed by atoms with Gasteiger partial charge in [0.05, 0.1) is 0 Å². The van der Waals surface area contributed by atoms with Crippen LogP contribution in [-0.4, -0.2) is 12.8 Å². The molecule has 3 aromatic rings. The van der Waals surface area contributed by atoms with E-state index >= 15 is 0 Å². The molecule has 0 aliphatic carbocycles. The largest absolute Gasteiger partial charge is 0.473 e. The van der Waals surface area contributed by atoms with Crippen molar-refractivity contribution in [3.8, 4) is 17.2 Å². The van der Waals surface area contributed by atoms with Crippen LogP contribution in [0.15, 0.2) is 84.9 Å². The van der Waals surface area contributed by atoms with Crippen LogP contribution in [0.1, 0.15) is 0 Å². The van der Waals surface area contributed by atoms with Gasteiger partial charge in [-0.3, -0.25) is 0 Å². The predicted octanol–water partition coefficient (Wildman–Crippen LogP) is 4.64. The molecule has 0 atom stereocenters. The molecule has 126 valence electrons. The van der Waals surface area contributed by atoms with Crippen molar-refractivity contribution in [3.05, 3.63) is 84.9 Å². The summed E-state index contributed by atoms with van der Waals surface area (Å²) in [6, 6.07) is 25.6. The molecule has 0 bridgehead atoms. The molecule has 0 aliphatic heterocycles. The zero-order chi connectivity index (χ0) is 17.3. The average Bonchev–Trinajstić information content (AvgIpc) is 2.65. The second-order valence-corrected chi connectivity index (χ2v) is 5.17. The van der Waals surface area contributed by atoms with Crippen LogP contribution in [0, 0.1) is 0 Å². The predicted molar refractivity (Wildman–Crippen MR) is 97.0 cm³/mol. The van der Waals surface area contributed by atoms with Gasteiger partial charge in [0.1, 0.15) is 17.2 Å². The first-order valence-electron chi connectivity index (χ1n) is 7.85. The van der Waals surface area contributed by atoms with E-state index in [2.05, 4.69) is 10.6 Å². The lowest BCUT2D eigenvalue weighted by Crippen LogP contribution is -2.31. The number of rotatable bonds is 6. The summed E-state index contributed by atoms with van der Waals surface area (Å²) in [5, 5.41) is 5.36. The van der Waals surface area contributed by atoms with Crippen molar-refractivity contribution >= 4 is 11.7 Å². The minimum atomic E-state index is -0.340. The fraction of sp³-hybridized carbons (Fsp3) is 0.0500. The lowest BCUT2D eigenvalue weighted by atomic mass is 10.3. The number of carbonyl (C=O) groups excluding carboxylic acids is 1. The van der Waals surface area contributed by atoms with Crippen LogP contribution < -0.4 is 20.1 Å². The molecule has 2 amide bonds. The van der Waals surface area contributed by atoms with Gasteiger partial charge in [0.15, 0.2) is 6.73 Å². The molecule has 0 fully saturated rings. The zero-order valence-corrected chi connectivity index (χ0v) is 13.5. The Balaban J connectivity index is 1.45. The van der Waals surface area contributed by atoms with Crippen molar-refractivity contribution in [1.82, 2.24) is 5.32 Å². The van der Waals surface area contributed by atoms with E-state index in [4.69, 9.17) is 9.47 Å². The molecular weight excluding hydrogens is 316 g/mol. The van der Waals surface area contributed by atoms with Crippen LogP contribution >= 0.6 is 0 Å². The van der Waals surface area contributed by atoms with Gasteiger partial charge >= 0.3 is 6.03 Å². The second-order valence-electron chi connectivity index (χ2n) is 5.17. The molecular formula is C20H18N2O3. The van der Waals surface area contributed by atoms with Gasteiger partial charge in [0.2, 0.25) is 0 Å². The van der Waals surface area contributed by atoms with Gasteiger partial charge in [-0.2, -0.15) is 0 Å². The Hall–Kier alpha value is -3.47. The van der Waals surface area contributed by atoms with Gasteiger partial charge in [-0.05, 0) is 48.5 Å². The fourth-order valence-corrected chi connectivity index (χ4v) is 2.11. The van der Waals surface area contributed by atoms with Gasteiger partial charge < -0.3 is 20.1 Å². The van der Waals surface area contributed by atoms with E-state index in [1.807, 2.05) is 60.7 Å². The van der Waals surface area contributed by atoms with Crippen molar-refractivity contribution in [3.63, 3.8) is 0 Å². The Labute approximate surface area is 146 Å². The van der Waals surface area contributed by atoms with E-state index in [-0.39, 0.29) is 12.8 Å². The van der Waals surface area contributed by atoms with Crippen LogP contribution in [0.25, 0.3) is 0 Å².